The fourth-order valence-electron chi connectivity index (χ4n) is 2.50. The molecule has 1 aromatic heterocycles. The minimum atomic E-state index is -0.495. The number of H-pyrrole nitrogens is 1. The first-order valence-corrected chi connectivity index (χ1v) is 8.96. The number of anilines is 2. The molecule has 8 heteroatoms. The number of hydrogen-bond acceptors (Lipinski definition) is 4. The van der Waals surface area contributed by atoms with Crippen LogP contribution in [0.15, 0.2) is 9.59 Å². The number of aromatic nitrogens is 2. The molecule has 1 fully saturated rings. The summed E-state index contributed by atoms with van der Waals surface area (Å²) in [5.74, 6) is 0.455. The van der Waals surface area contributed by atoms with Crippen LogP contribution in [0.3, 0.4) is 0 Å². The zero-order valence-corrected chi connectivity index (χ0v) is 15.4. The highest BCUT2D eigenvalue weighted by Gasteiger charge is 2.27. The molecule has 134 valence electrons. The van der Waals surface area contributed by atoms with E-state index in [-0.39, 0.29) is 17.4 Å². The largest absolute Gasteiger partial charge is 0.383 e. The van der Waals surface area contributed by atoms with E-state index in [0.717, 1.165) is 25.7 Å². The van der Waals surface area contributed by atoms with Crippen molar-refractivity contribution in [3.05, 3.63) is 20.8 Å². The van der Waals surface area contributed by atoms with E-state index in [2.05, 4.69) is 10.3 Å². The standard InChI is InChI=1S/C16H27N5O2S/c1-4-5-8-20-13(17)12(14(22)19-15(20)23)21(9-10(2)3)16(24)18-11-6-7-11/h10-11H,4-9,17H2,1-3H3,(H,18,24)(H,19,22,23). The molecule has 0 atom stereocenters. The Balaban J connectivity index is 2.45. The molecule has 0 aromatic carbocycles. The second-order valence-electron chi connectivity index (χ2n) is 6.73. The average Bonchev–Trinajstić information content (AvgIpc) is 3.29. The highest BCUT2D eigenvalue weighted by Crippen LogP contribution is 2.22. The first-order chi connectivity index (χ1) is 11.3. The van der Waals surface area contributed by atoms with E-state index in [1.54, 1.807) is 4.90 Å². The number of thiocarbonyl (C=S) groups is 1. The van der Waals surface area contributed by atoms with E-state index in [4.69, 9.17) is 18.0 Å². The van der Waals surface area contributed by atoms with Crippen LogP contribution in [0.5, 0.6) is 0 Å². The molecular weight excluding hydrogens is 326 g/mol. The third-order valence-electron chi connectivity index (χ3n) is 3.92. The van der Waals surface area contributed by atoms with Gasteiger partial charge in [0.05, 0.1) is 0 Å². The molecule has 1 aromatic rings. The third-order valence-corrected chi connectivity index (χ3v) is 4.26. The molecular formula is C16H27N5O2S. The van der Waals surface area contributed by atoms with Crippen molar-refractivity contribution in [3.63, 3.8) is 0 Å². The fourth-order valence-corrected chi connectivity index (χ4v) is 2.83. The maximum absolute atomic E-state index is 12.4. The van der Waals surface area contributed by atoms with Crippen LogP contribution in [-0.2, 0) is 6.54 Å². The van der Waals surface area contributed by atoms with Crippen LogP contribution >= 0.6 is 12.2 Å². The van der Waals surface area contributed by atoms with Crippen LogP contribution in [0.1, 0.15) is 46.5 Å². The lowest BCUT2D eigenvalue weighted by atomic mass is 10.2. The van der Waals surface area contributed by atoms with E-state index >= 15 is 0 Å². The molecule has 0 radical (unpaired) electrons. The minimum Gasteiger partial charge on any atom is -0.383 e. The van der Waals surface area contributed by atoms with Crippen molar-refractivity contribution in [1.29, 1.82) is 0 Å². The second-order valence-corrected chi connectivity index (χ2v) is 7.11. The number of nitrogens with one attached hydrogen (secondary N) is 2. The highest BCUT2D eigenvalue weighted by atomic mass is 32.1. The van der Waals surface area contributed by atoms with Crippen molar-refractivity contribution in [2.75, 3.05) is 17.2 Å². The van der Waals surface area contributed by atoms with Crippen LogP contribution in [0, 0.1) is 5.92 Å². The smallest absolute Gasteiger partial charge is 0.330 e. The van der Waals surface area contributed by atoms with Crippen LogP contribution < -0.4 is 27.2 Å². The Hall–Kier alpha value is -1.83. The molecule has 0 saturated heterocycles. The lowest BCUT2D eigenvalue weighted by Crippen LogP contribution is -2.47. The number of rotatable bonds is 7. The van der Waals surface area contributed by atoms with E-state index in [0.29, 0.717) is 24.2 Å². The Bertz CT molecular complexity index is 705. The number of hydrogen-bond donors (Lipinski definition) is 3. The van der Waals surface area contributed by atoms with Gasteiger partial charge < -0.3 is 16.0 Å². The maximum atomic E-state index is 12.4. The lowest BCUT2D eigenvalue weighted by Gasteiger charge is -2.28. The van der Waals surface area contributed by atoms with Crippen molar-refractivity contribution in [1.82, 2.24) is 14.9 Å². The van der Waals surface area contributed by atoms with Crippen molar-refractivity contribution in [2.45, 2.75) is 59.0 Å². The van der Waals surface area contributed by atoms with E-state index in [9.17, 15) is 9.59 Å². The molecule has 0 bridgehead atoms. The molecule has 7 nitrogen and oxygen atoms in total. The Kier molecular flexibility index (Phi) is 6.04. The van der Waals surface area contributed by atoms with Gasteiger partial charge in [0.2, 0.25) is 0 Å². The van der Waals surface area contributed by atoms with E-state index in [1.165, 1.54) is 4.57 Å². The molecule has 0 aliphatic heterocycles. The predicted octanol–water partition coefficient (Wildman–Crippen LogP) is 1.42. The van der Waals surface area contributed by atoms with Gasteiger partial charge in [0.1, 0.15) is 5.82 Å². The number of nitrogens with two attached hydrogens (primary N) is 1. The minimum absolute atomic E-state index is 0.179. The summed E-state index contributed by atoms with van der Waals surface area (Å²) in [5, 5.41) is 3.74. The molecule has 0 spiro atoms. The van der Waals surface area contributed by atoms with Gasteiger partial charge in [0.25, 0.3) is 5.56 Å². The summed E-state index contributed by atoms with van der Waals surface area (Å²) in [6.07, 6.45) is 3.90. The van der Waals surface area contributed by atoms with Crippen molar-refractivity contribution in [3.8, 4) is 0 Å². The Labute approximate surface area is 147 Å². The molecule has 0 amide bonds. The summed E-state index contributed by atoms with van der Waals surface area (Å²) in [4.78, 5) is 28.6. The van der Waals surface area contributed by atoms with Gasteiger partial charge in [-0.2, -0.15) is 0 Å². The van der Waals surface area contributed by atoms with Gasteiger partial charge in [-0.15, -0.1) is 0 Å². The molecule has 0 unspecified atom stereocenters. The Morgan fingerprint density at radius 3 is 2.67 bits per heavy atom. The van der Waals surface area contributed by atoms with E-state index in [1.807, 2.05) is 20.8 Å². The zero-order chi connectivity index (χ0) is 17.9. The molecule has 24 heavy (non-hydrogen) atoms. The number of nitrogen functional groups attached to an aromatic ring is 1. The normalized spacial score (nSPS) is 14.0. The molecule has 1 heterocycles. The highest BCUT2D eigenvalue weighted by molar-refractivity contribution is 7.80. The molecule has 1 aliphatic rings. The van der Waals surface area contributed by atoms with Gasteiger partial charge in [-0.05, 0) is 37.4 Å². The van der Waals surface area contributed by atoms with Gasteiger partial charge in [0, 0.05) is 19.1 Å². The molecule has 1 aliphatic carbocycles. The van der Waals surface area contributed by atoms with Gasteiger partial charge in [0.15, 0.2) is 10.8 Å². The van der Waals surface area contributed by atoms with E-state index < -0.39 is 11.2 Å². The van der Waals surface area contributed by atoms with Crippen LogP contribution in [0.4, 0.5) is 11.5 Å². The number of aromatic amines is 1. The topological polar surface area (TPSA) is 96.2 Å². The Morgan fingerprint density at radius 2 is 2.12 bits per heavy atom. The SMILES string of the molecule is CCCCn1c(N)c(N(CC(C)C)C(=S)NC2CC2)c(=O)[nH]c1=O. The predicted molar refractivity (Wildman–Crippen MR) is 102 cm³/mol. The summed E-state index contributed by atoms with van der Waals surface area (Å²) >= 11 is 5.49. The summed E-state index contributed by atoms with van der Waals surface area (Å²) in [6.45, 7) is 7.16. The molecule has 4 N–H and O–H groups in total. The van der Waals surface area contributed by atoms with Crippen molar-refractivity contribution in [2.24, 2.45) is 5.92 Å². The van der Waals surface area contributed by atoms with Gasteiger partial charge >= 0.3 is 5.69 Å². The second kappa shape index (κ2) is 7.83. The monoisotopic (exact) mass is 353 g/mol. The van der Waals surface area contributed by atoms with Crippen LogP contribution in [0.2, 0.25) is 0 Å². The van der Waals surface area contributed by atoms with Crippen LogP contribution in [0.25, 0.3) is 0 Å². The number of nitrogens with zero attached hydrogens (tertiary/aromatic N) is 2. The van der Waals surface area contributed by atoms with Crippen LogP contribution in [-0.4, -0.2) is 27.3 Å². The van der Waals surface area contributed by atoms with Crippen molar-refractivity contribution >= 4 is 28.8 Å². The summed E-state index contributed by atoms with van der Waals surface area (Å²) < 4.78 is 1.42. The maximum Gasteiger partial charge on any atom is 0.330 e. The summed E-state index contributed by atoms with van der Waals surface area (Å²) in [5.41, 5.74) is 5.50. The number of unbranched alkanes of at least 4 members (excludes halogenated alkanes) is 1. The van der Waals surface area contributed by atoms with Crippen molar-refractivity contribution < 1.29 is 0 Å². The quantitative estimate of drug-likeness (QED) is 0.642. The Morgan fingerprint density at radius 1 is 1.46 bits per heavy atom. The summed E-state index contributed by atoms with van der Waals surface area (Å²) in [7, 11) is 0. The van der Waals surface area contributed by atoms with Gasteiger partial charge in [-0.25, -0.2) is 4.79 Å². The average molecular weight is 353 g/mol. The molecule has 2 rings (SSSR count). The molecule has 1 saturated carbocycles. The summed E-state index contributed by atoms with van der Waals surface area (Å²) in [6, 6.07) is 0.374. The lowest BCUT2D eigenvalue weighted by molar-refractivity contribution is 0.600. The third kappa shape index (κ3) is 4.37. The fraction of sp³-hybridized carbons (Fsp3) is 0.688. The zero-order valence-electron chi connectivity index (χ0n) is 14.6. The first-order valence-electron chi connectivity index (χ1n) is 8.55. The van der Waals surface area contributed by atoms with Gasteiger partial charge in [-0.1, -0.05) is 27.2 Å². The first kappa shape index (κ1) is 18.5. The van der Waals surface area contributed by atoms with Gasteiger partial charge in [-0.3, -0.25) is 14.3 Å².